The number of aromatic hydroxyl groups is 1. The number of esters is 1. The van der Waals surface area contributed by atoms with E-state index in [1.54, 1.807) is 91.0 Å². The molecule has 0 aliphatic heterocycles. The highest BCUT2D eigenvalue weighted by Gasteiger charge is 2.15. The second-order valence-electron chi connectivity index (χ2n) is 14.1. The smallest absolute Gasteiger partial charge is 0.344 e. The lowest BCUT2D eigenvalue weighted by molar-refractivity contribution is 0.0693. The molecule has 7 aromatic rings. The van der Waals surface area contributed by atoms with Gasteiger partial charge < -0.3 is 33.6 Å². The maximum atomic E-state index is 12.3. The summed E-state index contributed by atoms with van der Waals surface area (Å²) >= 11 is 6.40. The van der Waals surface area contributed by atoms with Gasteiger partial charge in [0.05, 0.1) is 73.7 Å². The maximum absolute atomic E-state index is 12.3. The van der Waals surface area contributed by atoms with Crippen LogP contribution in [0, 0.1) is 0 Å². The number of phenols is 1. The number of halogens is 2. The van der Waals surface area contributed by atoms with Crippen molar-refractivity contribution in [1.29, 1.82) is 0 Å². The minimum atomic E-state index is -3.40. The van der Waals surface area contributed by atoms with Crippen molar-refractivity contribution in [2.75, 3.05) is 54.3 Å². The summed E-state index contributed by atoms with van der Waals surface area (Å²) in [6.45, 7) is 0. The van der Waals surface area contributed by atoms with E-state index in [9.17, 15) is 39.6 Å². The average Bonchev–Trinajstić information content (AvgIpc) is 3.25. The Labute approximate surface area is 413 Å². The maximum Gasteiger partial charge on any atom is 0.344 e. The summed E-state index contributed by atoms with van der Waals surface area (Å²) in [5.74, 6) is 0.313. The molecule has 0 amide bonds. The molecule has 19 nitrogen and oxygen atoms in total. The number of phenolic OH excluding ortho intramolecular Hbond substituents is 1. The van der Waals surface area contributed by atoms with E-state index in [4.69, 9.17) is 33.6 Å². The molecule has 0 spiro atoms. The third kappa shape index (κ3) is 17.6. The molecule has 6 aromatic carbocycles. The lowest BCUT2D eigenvalue weighted by atomic mass is 10.1. The van der Waals surface area contributed by atoms with E-state index < -0.39 is 47.6 Å². The van der Waals surface area contributed by atoms with Crippen LogP contribution in [0.15, 0.2) is 139 Å². The highest BCUT2D eigenvalue weighted by molar-refractivity contribution is 9.10. The number of nitrogens with one attached hydrogen (secondary N) is 3. The Kier molecular flexibility index (Phi) is 19.0. The molecule has 366 valence electrons. The Morgan fingerprint density at radius 3 is 1.52 bits per heavy atom. The highest BCUT2D eigenvalue weighted by atomic mass is 79.9. The molecule has 7 rings (SSSR count). The first-order valence-electron chi connectivity index (χ1n) is 19.3. The van der Waals surface area contributed by atoms with E-state index in [0.29, 0.717) is 59.8 Å². The van der Waals surface area contributed by atoms with Crippen LogP contribution in [0.25, 0.3) is 21.7 Å². The largest absolute Gasteiger partial charge is 0.508 e. The van der Waals surface area contributed by atoms with Gasteiger partial charge >= 0.3 is 17.6 Å². The molecular formula is C45H43Br2N3O16S3. The molecule has 0 saturated heterocycles. The van der Waals surface area contributed by atoms with E-state index in [1.807, 2.05) is 0 Å². The Hall–Kier alpha value is -6.86. The lowest BCUT2D eigenvalue weighted by Crippen LogP contribution is -2.11. The van der Waals surface area contributed by atoms with Gasteiger partial charge in [0, 0.05) is 37.9 Å². The normalized spacial score (nSPS) is 11.0. The summed E-state index contributed by atoms with van der Waals surface area (Å²) in [6.07, 6.45) is 3.15. The van der Waals surface area contributed by atoms with Crippen LogP contribution < -0.4 is 38.7 Å². The first kappa shape index (κ1) is 54.7. The molecule has 0 bridgehead atoms. The van der Waals surface area contributed by atoms with Gasteiger partial charge in [-0.3, -0.25) is 14.2 Å². The SMILES string of the molecule is COc1ccc(Br)c(C(=O)O)c1.COc1ccc(Br)c(C(=O)Oc2cccc(NS(C)(=O)=O)c2)c1.COc1ccc2c(c1)c(=O)oc1cc(NS(C)(=O)=O)ccc12.CS(=O)(=O)Nc1cccc(O)c1. The number of benzene rings is 6. The molecule has 0 atom stereocenters. The van der Waals surface area contributed by atoms with Crippen LogP contribution in [0.5, 0.6) is 28.7 Å². The standard InChI is InChI=1S/C15H14BrNO5S.C15H13NO5S.C8H7BrO3.C7H9NO3S/c1-21-11-6-7-14(16)13(9-11)15(18)22-12-5-3-4-10(8-12)17-23(2,19)20;1-20-10-4-6-11-12-5-3-9(16-22(2,18)19)7-14(12)21-15(17)13(11)8-10;1-12-5-2-3-7(9)6(4-5)8(10)11;1-12(10,11)8-6-3-2-4-7(9)5-6/h3-9,17H,1-2H3;3-8,16H,1-2H3;2-4H,1H3,(H,10,11);2-5,8-9H,1H3. The molecule has 0 aliphatic rings. The van der Waals surface area contributed by atoms with Crippen molar-refractivity contribution in [2.24, 2.45) is 0 Å². The fourth-order valence-electron chi connectivity index (χ4n) is 5.68. The number of carbonyl (C=O) groups is 2. The number of rotatable bonds is 12. The Balaban J connectivity index is 0.000000209. The van der Waals surface area contributed by atoms with Crippen molar-refractivity contribution >= 4 is 113 Å². The number of anilines is 3. The summed E-state index contributed by atoms with van der Waals surface area (Å²) in [7, 11) is -5.54. The van der Waals surface area contributed by atoms with Crippen LogP contribution in [-0.4, -0.2) is 87.5 Å². The summed E-state index contributed by atoms with van der Waals surface area (Å²) < 4.78 is 100. The number of carboxylic acids is 1. The second-order valence-corrected chi connectivity index (χ2v) is 21.1. The van der Waals surface area contributed by atoms with Crippen LogP contribution in [0.4, 0.5) is 17.1 Å². The van der Waals surface area contributed by atoms with Gasteiger partial charge in [0.1, 0.15) is 34.3 Å². The number of hydrogen-bond acceptors (Lipinski definition) is 15. The number of aromatic carboxylic acids is 1. The van der Waals surface area contributed by atoms with Gasteiger partial charge in [0.2, 0.25) is 30.1 Å². The molecular weight excluding hydrogens is 1090 g/mol. The first-order valence-corrected chi connectivity index (χ1v) is 26.5. The summed E-state index contributed by atoms with van der Waals surface area (Å²) in [5, 5.41) is 19.5. The van der Waals surface area contributed by atoms with Crippen LogP contribution >= 0.6 is 31.9 Å². The van der Waals surface area contributed by atoms with Crippen molar-refractivity contribution in [3.63, 3.8) is 0 Å². The molecule has 1 heterocycles. The number of fused-ring (bicyclic) bond motifs is 3. The molecule has 5 N–H and O–H groups in total. The Morgan fingerprint density at radius 1 is 0.536 bits per heavy atom. The van der Waals surface area contributed by atoms with Crippen LogP contribution in [-0.2, 0) is 30.1 Å². The molecule has 1 aromatic heterocycles. The van der Waals surface area contributed by atoms with E-state index >= 15 is 0 Å². The number of methoxy groups -OCH3 is 3. The zero-order valence-corrected chi connectivity index (χ0v) is 42.8. The van der Waals surface area contributed by atoms with Crippen LogP contribution in [0.3, 0.4) is 0 Å². The number of carbonyl (C=O) groups excluding carboxylic acids is 1. The lowest BCUT2D eigenvalue weighted by Gasteiger charge is -2.09. The summed E-state index contributed by atoms with van der Waals surface area (Å²) in [5.41, 5.74) is 1.32. The van der Waals surface area contributed by atoms with E-state index in [1.165, 1.54) is 51.7 Å². The number of hydrogen-bond donors (Lipinski definition) is 5. The van der Waals surface area contributed by atoms with Gasteiger partial charge in [0.25, 0.3) is 0 Å². The monoisotopic (exact) mass is 1140 g/mol. The fraction of sp³-hybridized carbons (Fsp3) is 0.133. The number of sulfonamides is 3. The van der Waals surface area contributed by atoms with Gasteiger partial charge in [-0.15, -0.1) is 0 Å². The molecule has 0 fully saturated rings. The van der Waals surface area contributed by atoms with E-state index in [0.717, 1.165) is 29.5 Å². The summed E-state index contributed by atoms with van der Waals surface area (Å²) in [6, 6.07) is 31.7. The van der Waals surface area contributed by atoms with Crippen LogP contribution in [0.2, 0.25) is 0 Å². The average molecular weight is 1140 g/mol. The minimum absolute atomic E-state index is 0.0312. The van der Waals surface area contributed by atoms with Gasteiger partial charge in [0.15, 0.2) is 0 Å². The van der Waals surface area contributed by atoms with Gasteiger partial charge in [-0.2, -0.15) is 0 Å². The predicted molar refractivity (Wildman–Crippen MR) is 270 cm³/mol. The molecule has 24 heteroatoms. The van der Waals surface area contributed by atoms with Gasteiger partial charge in [-0.25, -0.2) is 39.6 Å². The van der Waals surface area contributed by atoms with Crippen molar-refractivity contribution in [2.45, 2.75) is 0 Å². The zero-order valence-electron chi connectivity index (χ0n) is 37.1. The van der Waals surface area contributed by atoms with E-state index in [2.05, 4.69) is 46.0 Å². The minimum Gasteiger partial charge on any atom is -0.508 e. The molecule has 0 unspecified atom stereocenters. The molecule has 0 radical (unpaired) electrons. The topological polar surface area (TPSA) is 280 Å². The zero-order chi connectivity index (χ0) is 51.3. The van der Waals surface area contributed by atoms with Gasteiger partial charge in [-0.1, -0.05) is 12.1 Å². The predicted octanol–water partition coefficient (Wildman–Crippen LogP) is 8.29. The molecule has 0 aliphatic carbocycles. The quantitative estimate of drug-likeness (QED) is 0.0333. The number of carboxylic acid groups (broad SMARTS) is 1. The Bertz CT molecular complexity index is 3410. The van der Waals surface area contributed by atoms with Gasteiger partial charge in [-0.05, 0) is 123 Å². The third-order valence-electron chi connectivity index (χ3n) is 8.52. The fourth-order valence-corrected chi connectivity index (χ4v) is 8.17. The molecule has 0 saturated carbocycles. The van der Waals surface area contributed by atoms with Crippen molar-refractivity contribution in [1.82, 2.24) is 0 Å². The van der Waals surface area contributed by atoms with Crippen molar-refractivity contribution in [3.05, 3.63) is 152 Å². The first-order chi connectivity index (χ1) is 32.3. The van der Waals surface area contributed by atoms with E-state index in [-0.39, 0.29) is 17.1 Å². The Morgan fingerprint density at radius 2 is 1.00 bits per heavy atom. The summed E-state index contributed by atoms with van der Waals surface area (Å²) in [4.78, 5) is 35.0. The molecule has 69 heavy (non-hydrogen) atoms. The van der Waals surface area contributed by atoms with Crippen molar-refractivity contribution < 1.29 is 68.4 Å². The van der Waals surface area contributed by atoms with Crippen molar-refractivity contribution in [3.8, 4) is 28.7 Å². The van der Waals surface area contributed by atoms with Crippen LogP contribution in [0.1, 0.15) is 20.7 Å². The highest BCUT2D eigenvalue weighted by Crippen LogP contribution is 2.29. The second kappa shape index (κ2) is 23.9. The third-order valence-corrected chi connectivity index (χ3v) is 11.7. The number of ether oxygens (including phenoxy) is 4.